The Balaban J connectivity index is 1.97. The Morgan fingerprint density at radius 2 is 0.964 bits per heavy atom. The summed E-state index contributed by atoms with van der Waals surface area (Å²) in [5.74, 6) is 1.08. The molecule has 0 heterocycles. The van der Waals surface area contributed by atoms with Gasteiger partial charge in [-0.25, -0.2) is 0 Å². The van der Waals surface area contributed by atoms with E-state index in [2.05, 4.69) is 6.92 Å². The minimum Gasteiger partial charge on any atom is -0.502 e. The first-order valence-electron chi connectivity index (χ1n) is 11.7. The molecule has 3 nitrogen and oxygen atoms in total. The summed E-state index contributed by atoms with van der Waals surface area (Å²) in [4.78, 5) is 0. The van der Waals surface area contributed by atoms with Crippen molar-refractivity contribution in [3.05, 3.63) is 17.7 Å². The first-order valence-corrected chi connectivity index (χ1v) is 11.7. The van der Waals surface area contributed by atoms with Crippen LogP contribution >= 0.6 is 0 Å². The van der Waals surface area contributed by atoms with Gasteiger partial charge in [0, 0.05) is 0 Å². The molecule has 1 N–H and O–H groups in total. The number of aromatic hydroxyl groups is 1. The molecule has 0 aliphatic heterocycles. The second-order valence-electron chi connectivity index (χ2n) is 8.05. The third-order valence-electron chi connectivity index (χ3n) is 5.61. The first-order chi connectivity index (χ1) is 13.7. The summed E-state index contributed by atoms with van der Waals surface area (Å²) in [6, 6.07) is 3.84. The molecule has 162 valence electrons. The maximum atomic E-state index is 9.97. The summed E-state index contributed by atoms with van der Waals surface area (Å²) >= 11 is 0. The van der Waals surface area contributed by atoms with E-state index in [9.17, 15) is 5.11 Å². The number of unbranched alkanes of at least 4 members (excludes halogenated alkanes) is 14. The topological polar surface area (TPSA) is 38.7 Å². The Labute approximate surface area is 173 Å². The van der Waals surface area contributed by atoms with Crippen molar-refractivity contribution in [2.45, 2.75) is 110 Å². The molecular weight excluding hydrogens is 348 g/mol. The van der Waals surface area contributed by atoms with Crippen LogP contribution in [-0.2, 0) is 6.42 Å². The molecule has 1 aromatic carbocycles. The van der Waals surface area contributed by atoms with Gasteiger partial charge < -0.3 is 14.6 Å². The highest BCUT2D eigenvalue weighted by molar-refractivity contribution is 5.52. The molecule has 1 aromatic rings. The highest BCUT2D eigenvalue weighted by Gasteiger charge is 2.10. The Morgan fingerprint density at radius 3 is 1.32 bits per heavy atom. The van der Waals surface area contributed by atoms with Crippen molar-refractivity contribution < 1.29 is 14.6 Å². The second kappa shape index (κ2) is 16.6. The number of phenols is 1. The molecule has 0 saturated heterocycles. The largest absolute Gasteiger partial charge is 0.502 e. The Kier molecular flexibility index (Phi) is 14.6. The van der Waals surface area contributed by atoms with Crippen LogP contribution in [0.4, 0.5) is 0 Å². The zero-order chi connectivity index (χ0) is 20.5. The van der Waals surface area contributed by atoms with Crippen molar-refractivity contribution in [1.82, 2.24) is 0 Å². The van der Waals surface area contributed by atoms with Gasteiger partial charge in [0.1, 0.15) is 0 Å². The van der Waals surface area contributed by atoms with Crippen LogP contribution in [0.15, 0.2) is 12.1 Å². The smallest absolute Gasteiger partial charge is 0.200 e. The van der Waals surface area contributed by atoms with Gasteiger partial charge in [-0.2, -0.15) is 0 Å². The zero-order valence-electron chi connectivity index (χ0n) is 18.7. The van der Waals surface area contributed by atoms with Crippen molar-refractivity contribution in [2.75, 3.05) is 14.2 Å². The molecule has 3 heteroatoms. The van der Waals surface area contributed by atoms with Crippen molar-refractivity contribution in [1.29, 1.82) is 0 Å². The van der Waals surface area contributed by atoms with Crippen molar-refractivity contribution in [2.24, 2.45) is 0 Å². The molecule has 28 heavy (non-hydrogen) atoms. The lowest BCUT2D eigenvalue weighted by Gasteiger charge is -2.11. The number of methoxy groups -OCH3 is 2. The Morgan fingerprint density at radius 1 is 0.607 bits per heavy atom. The van der Waals surface area contributed by atoms with Crippen LogP contribution in [0.5, 0.6) is 17.2 Å². The Hall–Kier alpha value is -1.38. The van der Waals surface area contributed by atoms with E-state index in [0.717, 1.165) is 6.42 Å². The average Bonchev–Trinajstić information content (AvgIpc) is 2.71. The molecule has 0 aromatic heterocycles. The van der Waals surface area contributed by atoms with Crippen molar-refractivity contribution in [3.8, 4) is 17.2 Å². The van der Waals surface area contributed by atoms with Crippen LogP contribution in [0.1, 0.15) is 109 Å². The number of phenolic OH excluding ortho intramolecular Hbond substituents is 1. The maximum Gasteiger partial charge on any atom is 0.200 e. The van der Waals surface area contributed by atoms with Crippen LogP contribution in [0.2, 0.25) is 0 Å². The fourth-order valence-corrected chi connectivity index (χ4v) is 3.79. The molecule has 0 bridgehead atoms. The van der Waals surface area contributed by atoms with Crippen LogP contribution in [-0.4, -0.2) is 19.3 Å². The SMILES string of the molecule is CCCCCCCCCCCCCCCCCc1cc(OC)c(O)c(OC)c1. The van der Waals surface area contributed by atoms with Crippen molar-refractivity contribution >= 4 is 0 Å². The number of hydrogen-bond donors (Lipinski definition) is 1. The van der Waals surface area contributed by atoms with Gasteiger partial charge in [-0.3, -0.25) is 0 Å². The molecule has 0 aliphatic carbocycles. The van der Waals surface area contributed by atoms with Gasteiger partial charge in [-0.15, -0.1) is 0 Å². The van der Waals surface area contributed by atoms with E-state index >= 15 is 0 Å². The molecule has 0 spiro atoms. The molecule has 0 unspecified atom stereocenters. The molecular formula is C25H44O3. The minimum absolute atomic E-state index is 0.0882. The normalized spacial score (nSPS) is 11.0. The lowest BCUT2D eigenvalue weighted by molar-refractivity contribution is 0.339. The molecule has 0 aliphatic rings. The van der Waals surface area contributed by atoms with Crippen LogP contribution in [0.3, 0.4) is 0 Å². The summed E-state index contributed by atoms with van der Waals surface area (Å²) in [7, 11) is 3.15. The number of benzene rings is 1. The van der Waals surface area contributed by atoms with E-state index in [1.54, 1.807) is 14.2 Å². The summed E-state index contributed by atoms with van der Waals surface area (Å²) in [5, 5.41) is 9.97. The molecule has 0 fully saturated rings. The van der Waals surface area contributed by atoms with Crippen molar-refractivity contribution in [3.63, 3.8) is 0 Å². The monoisotopic (exact) mass is 392 g/mol. The number of ether oxygens (including phenoxy) is 2. The highest BCUT2D eigenvalue weighted by Crippen LogP contribution is 2.37. The van der Waals surface area contributed by atoms with Gasteiger partial charge in [0.25, 0.3) is 0 Å². The minimum atomic E-state index is 0.0882. The van der Waals surface area contributed by atoms with Gasteiger partial charge in [0.05, 0.1) is 14.2 Å². The summed E-state index contributed by atoms with van der Waals surface area (Å²) < 4.78 is 10.5. The van der Waals surface area contributed by atoms with Crippen LogP contribution in [0, 0.1) is 0 Å². The second-order valence-corrected chi connectivity index (χ2v) is 8.05. The molecule has 0 radical (unpaired) electrons. The van der Waals surface area contributed by atoms with E-state index < -0.39 is 0 Å². The lowest BCUT2D eigenvalue weighted by atomic mass is 10.0. The van der Waals surface area contributed by atoms with Gasteiger partial charge >= 0.3 is 0 Å². The Bertz CT molecular complexity index is 474. The van der Waals surface area contributed by atoms with E-state index in [1.807, 2.05) is 12.1 Å². The van der Waals surface area contributed by atoms with E-state index in [-0.39, 0.29) is 5.75 Å². The predicted molar refractivity (Wildman–Crippen MR) is 120 cm³/mol. The van der Waals surface area contributed by atoms with Gasteiger partial charge in [0.2, 0.25) is 5.75 Å². The van der Waals surface area contributed by atoms with Gasteiger partial charge in [-0.05, 0) is 30.5 Å². The van der Waals surface area contributed by atoms with Gasteiger partial charge in [-0.1, -0.05) is 96.8 Å². The van der Waals surface area contributed by atoms with Crippen LogP contribution < -0.4 is 9.47 Å². The average molecular weight is 393 g/mol. The molecule has 0 amide bonds. The maximum absolute atomic E-state index is 9.97. The molecule has 0 atom stereocenters. The summed E-state index contributed by atoms with van der Waals surface area (Å²) in [6.45, 7) is 2.28. The molecule has 1 rings (SSSR count). The predicted octanol–water partition coefficient (Wildman–Crippen LogP) is 7.82. The third kappa shape index (κ3) is 10.8. The van der Waals surface area contributed by atoms with Crippen LogP contribution in [0.25, 0.3) is 0 Å². The fourth-order valence-electron chi connectivity index (χ4n) is 3.79. The highest BCUT2D eigenvalue weighted by atomic mass is 16.5. The lowest BCUT2D eigenvalue weighted by Crippen LogP contribution is -1.93. The summed E-state index contributed by atoms with van der Waals surface area (Å²) in [6.07, 6.45) is 21.7. The quantitative estimate of drug-likeness (QED) is 0.259. The zero-order valence-corrected chi connectivity index (χ0v) is 18.7. The first kappa shape index (κ1) is 24.7. The standard InChI is InChI=1S/C25H44O3/c1-4-5-6-7-8-9-10-11-12-13-14-15-16-17-18-19-22-20-23(27-2)25(26)24(21-22)28-3/h20-21,26H,4-19H2,1-3H3. The summed E-state index contributed by atoms with van der Waals surface area (Å²) in [5.41, 5.74) is 1.17. The number of aryl methyl sites for hydroxylation is 1. The number of rotatable bonds is 18. The molecule has 0 saturated carbocycles. The van der Waals surface area contributed by atoms with E-state index in [0.29, 0.717) is 11.5 Å². The van der Waals surface area contributed by atoms with E-state index in [1.165, 1.54) is 102 Å². The number of hydrogen-bond acceptors (Lipinski definition) is 3. The van der Waals surface area contributed by atoms with Gasteiger partial charge in [0.15, 0.2) is 11.5 Å². The third-order valence-corrected chi connectivity index (χ3v) is 5.61. The fraction of sp³-hybridized carbons (Fsp3) is 0.760. The van der Waals surface area contributed by atoms with E-state index in [4.69, 9.17) is 9.47 Å².